The molecule has 1 rings (SSSR count). The minimum atomic E-state index is -5.61. The monoisotopic (exact) mass is 407 g/mol. The summed E-state index contributed by atoms with van der Waals surface area (Å²) >= 11 is 1.87. The van der Waals surface area contributed by atoms with Crippen molar-refractivity contribution < 1.29 is 31.7 Å². The number of hydrogen-bond acceptors (Lipinski definition) is 4. The van der Waals surface area contributed by atoms with Crippen LogP contribution in [0.15, 0.2) is 18.2 Å². The normalized spacial score (nSPS) is 12.2. The third-order valence-corrected chi connectivity index (χ3v) is 3.61. The first-order valence-electron chi connectivity index (χ1n) is 4.66. The number of phenols is 1. The van der Waals surface area contributed by atoms with Crippen molar-refractivity contribution in [2.24, 2.45) is 0 Å². The Bertz CT molecular complexity index is 605. The summed E-state index contributed by atoms with van der Waals surface area (Å²) in [5.74, 6) is -1.52. The Morgan fingerprint density at radius 1 is 1.42 bits per heavy atom. The number of alkyl halides is 2. The molecule has 10 heteroatoms. The molecule has 3 N–H and O–H groups in total. The van der Waals surface area contributed by atoms with Crippen molar-refractivity contribution in [2.45, 2.75) is 5.25 Å². The second-order valence-electron chi connectivity index (χ2n) is 3.46. The number of carbonyl (C=O) groups excluding carboxylic acids is 1. The highest BCUT2D eigenvalue weighted by molar-refractivity contribution is 14.1. The topological polar surface area (TPSA) is 104 Å². The van der Waals surface area contributed by atoms with Crippen LogP contribution in [0.2, 0.25) is 0 Å². The van der Waals surface area contributed by atoms with Gasteiger partial charge < -0.3 is 10.4 Å². The van der Waals surface area contributed by atoms with Crippen molar-refractivity contribution >= 4 is 38.6 Å². The molecule has 19 heavy (non-hydrogen) atoms. The molecule has 1 amide bonds. The number of carbonyl (C=O) groups is 1. The van der Waals surface area contributed by atoms with Gasteiger partial charge in [-0.2, -0.15) is 17.2 Å². The number of nitrogens with one attached hydrogen (secondary N) is 1. The van der Waals surface area contributed by atoms with Gasteiger partial charge in [-0.05, 0) is 40.8 Å². The second kappa shape index (κ2) is 5.54. The molecule has 6 nitrogen and oxygen atoms in total. The number of halogens is 3. The van der Waals surface area contributed by atoms with E-state index in [-0.39, 0.29) is 5.56 Å². The molecule has 1 aromatic carbocycles. The molecule has 0 aromatic heterocycles. The first kappa shape index (κ1) is 16.0. The van der Waals surface area contributed by atoms with Gasteiger partial charge in [-0.25, -0.2) is 0 Å². The average Bonchev–Trinajstić information content (AvgIpc) is 2.24. The molecule has 0 saturated carbocycles. The van der Waals surface area contributed by atoms with Gasteiger partial charge in [0.2, 0.25) is 0 Å². The molecule has 0 spiro atoms. The minimum absolute atomic E-state index is 0.286. The zero-order valence-electron chi connectivity index (χ0n) is 9.10. The maximum absolute atomic E-state index is 12.9. The summed E-state index contributed by atoms with van der Waals surface area (Å²) in [4.78, 5) is 11.5. The first-order valence-corrected chi connectivity index (χ1v) is 7.18. The van der Waals surface area contributed by atoms with Crippen LogP contribution in [0.25, 0.3) is 0 Å². The van der Waals surface area contributed by atoms with E-state index in [0.717, 1.165) is 0 Å². The largest absolute Gasteiger partial charge is 0.507 e. The Labute approximate surface area is 120 Å². The van der Waals surface area contributed by atoms with E-state index in [9.17, 15) is 27.1 Å². The predicted molar refractivity (Wildman–Crippen MR) is 69.7 cm³/mol. The van der Waals surface area contributed by atoms with Gasteiger partial charge >= 0.3 is 15.4 Å². The van der Waals surface area contributed by atoms with E-state index in [4.69, 9.17) is 4.55 Å². The third kappa shape index (κ3) is 3.98. The lowest BCUT2D eigenvalue weighted by Crippen LogP contribution is -2.41. The van der Waals surface area contributed by atoms with Crippen LogP contribution in [-0.2, 0) is 10.1 Å². The number of rotatable bonds is 4. The fraction of sp³-hybridized carbons (Fsp3) is 0.222. The van der Waals surface area contributed by atoms with Crippen molar-refractivity contribution in [1.29, 1.82) is 0 Å². The standard InChI is InChI=1S/C9H8F2INO5S/c10-9(11,19(16,17)18)4-13-8(15)6-2-1-5(12)3-7(6)14/h1-3,14H,4H2,(H,13,15)(H,16,17,18). The van der Waals surface area contributed by atoms with Crippen LogP contribution < -0.4 is 5.32 Å². The van der Waals surface area contributed by atoms with Gasteiger partial charge in [0.1, 0.15) is 5.75 Å². The lowest BCUT2D eigenvalue weighted by molar-refractivity contribution is 0.0698. The van der Waals surface area contributed by atoms with Crippen molar-refractivity contribution in [3.63, 3.8) is 0 Å². The van der Waals surface area contributed by atoms with E-state index in [2.05, 4.69) is 0 Å². The fourth-order valence-corrected chi connectivity index (χ4v) is 1.80. The number of amides is 1. The molecule has 0 aliphatic rings. The smallest absolute Gasteiger partial charge is 0.386 e. The molecule has 1 aromatic rings. The molecule has 0 radical (unpaired) electrons. The zero-order chi connectivity index (χ0) is 14.8. The van der Waals surface area contributed by atoms with E-state index in [0.29, 0.717) is 3.57 Å². The van der Waals surface area contributed by atoms with Crippen molar-refractivity contribution in [2.75, 3.05) is 6.54 Å². The molecule has 0 aliphatic carbocycles. The zero-order valence-corrected chi connectivity index (χ0v) is 12.1. The van der Waals surface area contributed by atoms with Crippen LogP contribution in [0, 0.1) is 3.57 Å². The predicted octanol–water partition coefficient (Wildman–Crippen LogP) is 1.21. The third-order valence-electron chi connectivity index (χ3n) is 2.04. The molecule has 0 heterocycles. The summed E-state index contributed by atoms with van der Waals surface area (Å²) in [6, 6.07) is 3.88. The first-order chi connectivity index (χ1) is 8.54. The Kier molecular flexibility index (Phi) is 4.68. The molecule has 0 fully saturated rings. The van der Waals surface area contributed by atoms with E-state index >= 15 is 0 Å². The number of phenolic OH excluding ortho intramolecular Hbond substituents is 1. The summed E-state index contributed by atoms with van der Waals surface area (Å²) < 4.78 is 55.2. The van der Waals surface area contributed by atoms with Crippen LogP contribution in [-0.4, -0.2) is 35.8 Å². The minimum Gasteiger partial charge on any atom is -0.507 e. The summed E-state index contributed by atoms with van der Waals surface area (Å²) in [6.07, 6.45) is 0. The highest BCUT2D eigenvalue weighted by Crippen LogP contribution is 2.22. The summed E-state index contributed by atoms with van der Waals surface area (Å²) in [5.41, 5.74) is -0.286. The SMILES string of the molecule is O=C(NCC(F)(F)S(=O)(=O)O)c1ccc(I)cc1O. The highest BCUT2D eigenvalue weighted by atomic mass is 127. The van der Waals surface area contributed by atoms with Gasteiger partial charge in [0, 0.05) is 3.57 Å². The average molecular weight is 407 g/mol. The molecule has 0 unspecified atom stereocenters. The number of aromatic hydroxyl groups is 1. The van der Waals surface area contributed by atoms with Crippen LogP contribution in [0.5, 0.6) is 5.75 Å². The van der Waals surface area contributed by atoms with Crippen molar-refractivity contribution in [3.8, 4) is 5.75 Å². The molecule has 0 atom stereocenters. The van der Waals surface area contributed by atoms with Crippen molar-refractivity contribution in [1.82, 2.24) is 5.32 Å². The maximum Gasteiger partial charge on any atom is 0.386 e. The quantitative estimate of drug-likeness (QED) is 0.514. The summed E-state index contributed by atoms with van der Waals surface area (Å²) in [5, 5.41) is 6.55. The van der Waals surface area contributed by atoms with E-state index < -0.39 is 33.6 Å². The van der Waals surface area contributed by atoms with E-state index in [1.165, 1.54) is 18.2 Å². The van der Waals surface area contributed by atoms with Gasteiger partial charge in [-0.15, -0.1) is 0 Å². The molecule has 106 valence electrons. The van der Waals surface area contributed by atoms with Gasteiger partial charge in [-0.3, -0.25) is 9.35 Å². The Morgan fingerprint density at radius 2 is 2.00 bits per heavy atom. The second-order valence-corrected chi connectivity index (χ2v) is 6.25. The van der Waals surface area contributed by atoms with Gasteiger partial charge in [0.15, 0.2) is 0 Å². The Morgan fingerprint density at radius 3 is 2.47 bits per heavy atom. The number of benzene rings is 1. The number of hydrogen-bond donors (Lipinski definition) is 3. The van der Waals surface area contributed by atoms with Crippen LogP contribution in [0.1, 0.15) is 10.4 Å². The van der Waals surface area contributed by atoms with Crippen LogP contribution in [0.3, 0.4) is 0 Å². The van der Waals surface area contributed by atoms with Gasteiger partial charge in [0.25, 0.3) is 5.91 Å². The molecule has 0 saturated heterocycles. The Balaban J connectivity index is 2.82. The van der Waals surface area contributed by atoms with Crippen LogP contribution in [0.4, 0.5) is 8.78 Å². The molecular weight excluding hydrogens is 399 g/mol. The Hall–Kier alpha value is -1.01. The summed E-state index contributed by atoms with van der Waals surface area (Å²) in [7, 11) is -5.61. The fourth-order valence-electron chi connectivity index (χ4n) is 1.07. The lowest BCUT2D eigenvalue weighted by atomic mass is 10.2. The van der Waals surface area contributed by atoms with Crippen molar-refractivity contribution in [3.05, 3.63) is 27.3 Å². The van der Waals surface area contributed by atoms with Gasteiger partial charge in [0.05, 0.1) is 12.1 Å². The molecular formula is C9H8F2INO5S. The van der Waals surface area contributed by atoms with E-state index in [1.54, 1.807) is 5.32 Å². The van der Waals surface area contributed by atoms with Crippen LogP contribution >= 0.6 is 22.6 Å². The lowest BCUT2D eigenvalue weighted by Gasteiger charge is -2.14. The van der Waals surface area contributed by atoms with Gasteiger partial charge in [-0.1, -0.05) is 0 Å². The highest BCUT2D eigenvalue weighted by Gasteiger charge is 2.44. The molecule has 0 aliphatic heterocycles. The summed E-state index contributed by atoms with van der Waals surface area (Å²) in [6.45, 7) is -1.60. The van der Waals surface area contributed by atoms with E-state index in [1.807, 2.05) is 22.6 Å². The molecule has 0 bridgehead atoms. The maximum atomic E-state index is 12.9.